The molecule has 2 aromatic carbocycles. The summed E-state index contributed by atoms with van der Waals surface area (Å²) < 4.78 is 0. The van der Waals surface area contributed by atoms with E-state index < -0.39 is 0 Å². The molecule has 24 heavy (non-hydrogen) atoms. The van der Waals surface area contributed by atoms with E-state index in [2.05, 4.69) is 51.8 Å². The van der Waals surface area contributed by atoms with Crippen LogP contribution in [-0.2, 0) is 6.42 Å². The maximum atomic E-state index is 6.07. The molecule has 0 saturated carbocycles. The van der Waals surface area contributed by atoms with Gasteiger partial charge in [0.1, 0.15) is 16.8 Å². The molecule has 0 unspecified atom stereocenters. The van der Waals surface area contributed by atoms with E-state index in [1.54, 1.807) is 6.07 Å². The number of para-hydroxylation sites is 2. The van der Waals surface area contributed by atoms with Gasteiger partial charge in [0, 0.05) is 18.2 Å². The Kier molecular flexibility index (Phi) is 4.96. The van der Waals surface area contributed by atoms with E-state index in [4.69, 9.17) is 11.6 Å². The minimum atomic E-state index is 0.438. The fourth-order valence-electron chi connectivity index (χ4n) is 2.32. The lowest BCUT2D eigenvalue weighted by Gasteiger charge is -2.14. The van der Waals surface area contributed by atoms with Crippen LogP contribution in [0.3, 0.4) is 0 Å². The highest BCUT2D eigenvalue weighted by molar-refractivity contribution is 6.29. The normalized spacial score (nSPS) is 10.5. The zero-order valence-electron chi connectivity index (χ0n) is 13.7. The Labute approximate surface area is 146 Å². The largest absolute Gasteiger partial charge is 0.354 e. The first-order valence-corrected chi connectivity index (χ1v) is 8.25. The van der Waals surface area contributed by atoms with Crippen molar-refractivity contribution < 1.29 is 0 Å². The maximum absolute atomic E-state index is 6.07. The average molecular weight is 339 g/mol. The van der Waals surface area contributed by atoms with Gasteiger partial charge in [-0.3, -0.25) is 0 Å². The van der Waals surface area contributed by atoms with Gasteiger partial charge in [-0.2, -0.15) is 0 Å². The summed E-state index contributed by atoms with van der Waals surface area (Å²) in [5.41, 5.74) is 4.16. The number of aromatic nitrogens is 2. The van der Waals surface area contributed by atoms with Crippen LogP contribution in [0, 0.1) is 6.92 Å². The maximum Gasteiger partial charge on any atom is 0.135 e. The van der Waals surface area contributed by atoms with E-state index in [1.165, 1.54) is 5.56 Å². The number of anilines is 4. The highest BCUT2D eigenvalue weighted by Gasteiger charge is 2.06. The Balaban J connectivity index is 1.86. The smallest absolute Gasteiger partial charge is 0.135 e. The Morgan fingerprint density at radius 2 is 1.58 bits per heavy atom. The number of hydrogen-bond acceptors (Lipinski definition) is 4. The molecule has 1 heterocycles. The Hall–Kier alpha value is -2.59. The lowest BCUT2D eigenvalue weighted by molar-refractivity contribution is 0.943. The highest BCUT2D eigenvalue weighted by atomic mass is 35.5. The molecule has 3 rings (SSSR count). The van der Waals surface area contributed by atoms with Gasteiger partial charge in [0.15, 0.2) is 0 Å². The van der Waals surface area contributed by atoms with E-state index in [0.29, 0.717) is 16.8 Å². The molecule has 4 nitrogen and oxygen atoms in total. The summed E-state index contributed by atoms with van der Waals surface area (Å²) in [6.45, 7) is 4.08. The monoisotopic (exact) mass is 338 g/mol. The lowest BCUT2D eigenvalue weighted by atomic mass is 10.2. The van der Waals surface area contributed by atoms with Crippen LogP contribution in [0.5, 0.6) is 0 Å². The van der Waals surface area contributed by atoms with E-state index in [9.17, 15) is 0 Å². The standard InChI is InChI=1S/C19H19ClN4/c1-3-18-23-17(20)12-19(24-18)22-16-7-5-4-6-15(16)21-14-10-8-13(2)9-11-14/h4-12,21H,3H2,1-2H3,(H,22,23,24). The van der Waals surface area contributed by atoms with Crippen molar-refractivity contribution in [3.8, 4) is 0 Å². The van der Waals surface area contributed by atoms with Gasteiger partial charge in [0.05, 0.1) is 11.4 Å². The predicted octanol–water partition coefficient (Wildman–Crippen LogP) is 5.49. The average Bonchev–Trinajstić information content (AvgIpc) is 2.58. The third-order valence-corrected chi connectivity index (χ3v) is 3.77. The third kappa shape index (κ3) is 4.03. The topological polar surface area (TPSA) is 49.8 Å². The number of halogens is 1. The molecule has 0 saturated heterocycles. The quantitative estimate of drug-likeness (QED) is 0.604. The van der Waals surface area contributed by atoms with Crippen molar-refractivity contribution in [3.63, 3.8) is 0 Å². The second kappa shape index (κ2) is 7.32. The summed E-state index contributed by atoms with van der Waals surface area (Å²) in [4.78, 5) is 8.66. The van der Waals surface area contributed by atoms with Crippen LogP contribution in [0.25, 0.3) is 0 Å². The molecule has 0 aliphatic heterocycles. The van der Waals surface area contributed by atoms with Crippen LogP contribution in [0.2, 0.25) is 5.15 Å². The van der Waals surface area contributed by atoms with Crippen LogP contribution in [0.15, 0.2) is 54.6 Å². The van der Waals surface area contributed by atoms with E-state index in [1.807, 2.05) is 31.2 Å². The Bertz CT molecular complexity index is 831. The van der Waals surface area contributed by atoms with Crippen molar-refractivity contribution in [2.24, 2.45) is 0 Å². The second-order valence-electron chi connectivity index (χ2n) is 5.51. The first-order chi connectivity index (χ1) is 11.6. The summed E-state index contributed by atoms with van der Waals surface area (Å²) in [6.07, 6.45) is 0.735. The molecule has 0 amide bonds. The molecule has 5 heteroatoms. The molecule has 0 aliphatic carbocycles. The zero-order valence-corrected chi connectivity index (χ0v) is 14.4. The Morgan fingerprint density at radius 3 is 2.25 bits per heavy atom. The number of nitrogens with zero attached hydrogens (tertiary/aromatic N) is 2. The molecular weight excluding hydrogens is 320 g/mol. The zero-order chi connectivity index (χ0) is 16.9. The molecule has 0 bridgehead atoms. The van der Waals surface area contributed by atoms with Crippen LogP contribution >= 0.6 is 11.6 Å². The van der Waals surface area contributed by atoms with Gasteiger partial charge in [-0.05, 0) is 31.2 Å². The molecule has 0 radical (unpaired) electrons. The van der Waals surface area contributed by atoms with Crippen molar-refractivity contribution in [2.45, 2.75) is 20.3 Å². The van der Waals surface area contributed by atoms with E-state index in [0.717, 1.165) is 23.5 Å². The summed E-state index contributed by atoms with van der Waals surface area (Å²) in [6, 6.07) is 18.0. The second-order valence-corrected chi connectivity index (χ2v) is 5.89. The summed E-state index contributed by atoms with van der Waals surface area (Å²) in [5, 5.41) is 7.18. The van der Waals surface area contributed by atoms with E-state index in [-0.39, 0.29) is 0 Å². The minimum absolute atomic E-state index is 0.438. The molecule has 0 aliphatic rings. The SMILES string of the molecule is CCc1nc(Cl)cc(Nc2ccccc2Nc2ccc(C)cc2)n1. The van der Waals surface area contributed by atoms with Gasteiger partial charge in [-0.25, -0.2) is 9.97 Å². The molecule has 2 N–H and O–H groups in total. The number of nitrogens with one attached hydrogen (secondary N) is 2. The first-order valence-electron chi connectivity index (χ1n) is 7.87. The highest BCUT2D eigenvalue weighted by Crippen LogP contribution is 2.28. The van der Waals surface area contributed by atoms with Crippen molar-refractivity contribution in [2.75, 3.05) is 10.6 Å². The van der Waals surface area contributed by atoms with Gasteiger partial charge < -0.3 is 10.6 Å². The summed E-state index contributed by atoms with van der Waals surface area (Å²) >= 11 is 6.07. The van der Waals surface area contributed by atoms with Crippen LogP contribution in [0.1, 0.15) is 18.3 Å². The van der Waals surface area contributed by atoms with E-state index >= 15 is 0 Å². The fraction of sp³-hybridized carbons (Fsp3) is 0.158. The summed E-state index contributed by atoms with van der Waals surface area (Å²) in [5.74, 6) is 1.40. The fourth-order valence-corrected chi connectivity index (χ4v) is 2.52. The number of rotatable bonds is 5. The van der Waals surface area contributed by atoms with Crippen molar-refractivity contribution >= 4 is 34.5 Å². The van der Waals surface area contributed by atoms with Gasteiger partial charge in [-0.1, -0.05) is 48.4 Å². The van der Waals surface area contributed by atoms with Crippen LogP contribution < -0.4 is 10.6 Å². The predicted molar refractivity (Wildman–Crippen MR) is 101 cm³/mol. The van der Waals surface area contributed by atoms with Crippen molar-refractivity contribution in [1.82, 2.24) is 9.97 Å². The molecule has 0 spiro atoms. The van der Waals surface area contributed by atoms with Crippen molar-refractivity contribution in [3.05, 3.63) is 71.1 Å². The lowest BCUT2D eigenvalue weighted by Crippen LogP contribution is -2.02. The van der Waals surface area contributed by atoms with Crippen LogP contribution in [0.4, 0.5) is 22.9 Å². The molecule has 3 aromatic rings. The number of hydrogen-bond donors (Lipinski definition) is 2. The van der Waals surface area contributed by atoms with Gasteiger partial charge >= 0.3 is 0 Å². The molecular formula is C19H19ClN4. The molecule has 0 atom stereocenters. The molecule has 0 fully saturated rings. The molecule has 122 valence electrons. The van der Waals surface area contributed by atoms with Gasteiger partial charge in [-0.15, -0.1) is 0 Å². The molecule has 1 aromatic heterocycles. The summed E-state index contributed by atoms with van der Waals surface area (Å²) in [7, 11) is 0. The van der Waals surface area contributed by atoms with Gasteiger partial charge in [0.2, 0.25) is 0 Å². The number of benzene rings is 2. The minimum Gasteiger partial charge on any atom is -0.354 e. The number of aryl methyl sites for hydroxylation is 2. The van der Waals surface area contributed by atoms with Crippen LogP contribution in [-0.4, -0.2) is 9.97 Å². The Morgan fingerprint density at radius 1 is 0.917 bits per heavy atom. The first kappa shape index (κ1) is 16.3. The van der Waals surface area contributed by atoms with Crippen molar-refractivity contribution in [1.29, 1.82) is 0 Å². The van der Waals surface area contributed by atoms with Gasteiger partial charge in [0.25, 0.3) is 0 Å². The third-order valence-electron chi connectivity index (χ3n) is 3.58.